The lowest BCUT2D eigenvalue weighted by atomic mass is 9.73. The first-order valence-corrected chi connectivity index (χ1v) is 11.9. The van der Waals surface area contributed by atoms with Crippen LogP contribution in [0, 0.1) is 0 Å². The van der Waals surface area contributed by atoms with Crippen molar-refractivity contribution in [1.82, 2.24) is 10.0 Å². The standard InChI is InChI=1S/C23H25N3O5S/c1-26(28)22(27)23(14-6-3-7-15-23)21-25-19(16-8-4-2-5-9-16)20(31-21)17-10-12-18(13-11-17)32(24,29)30/h2,4-5,8-13,28H,3,6-7,14-15H2,1H3,(H2,24,29,30). The maximum absolute atomic E-state index is 13.1. The van der Waals surface area contributed by atoms with Gasteiger partial charge >= 0.3 is 0 Å². The number of carbonyl (C=O) groups is 1. The summed E-state index contributed by atoms with van der Waals surface area (Å²) in [5, 5.41) is 15.8. The smallest absolute Gasteiger partial charge is 0.261 e. The van der Waals surface area contributed by atoms with Gasteiger partial charge in [-0.3, -0.25) is 10.0 Å². The summed E-state index contributed by atoms with van der Waals surface area (Å²) < 4.78 is 29.5. The molecule has 1 fully saturated rings. The molecule has 1 aliphatic carbocycles. The van der Waals surface area contributed by atoms with Gasteiger partial charge in [-0.15, -0.1) is 0 Å². The molecule has 2 aromatic carbocycles. The number of nitrogens with two attached hydrogens (primary N) is 1. The van der Waals surface area contributed by atoms with Crippen molar-refractivity contribution in [2.24, 2.45) is 5.14 Å². The second kappa shape index (κ2) is 8.50. The maximum Gasteiger partial charge on any atom is 0.261 e. The predicted molar refractivity (Wildman–Crippen MR) is 118 cm³/mol. The molecule has 1 amide bonds. The summed E-state index contributed by atoms with van der Waals surface area (Å²) >= 11 is 0. The third-order valence-electron chi connectivity index (χ3n) is 5.94. The molecule has 0 atom stereocenters. The van der Waals surface area contributed by atoms with Gasteiger partial charge in [0.25, 0.3) is 5.91 Å². The number of hydrogen-bond acceptors (Lipinski definition) is 6. The number of primary sulfonamides is 1. The van der Waals surface area contributed by atoms with Gasteiger partial charge in [-0.05, 0) is 37.1 Å². The molecule has 0 unspecified atom stereocenters. The molecular formula is C23H25N3O5S. The van der Waals surface area contributed by atoms with Crippen molar-refractivity contribution in [1.29, 1.82) is 0 Å². The molecule has 0 radical (unpaired) electrons. The van der Waals surface area contributed by atoms with E-state index >= 15 is 0 Å². The fraction of sp³-hybridized carbons (Fsp3) is 0.304. The highest BCUT2D eigenvalue weighted by molar-refractivity contribution is 7.89. The molecule has 0 bridgehead atoms. The van der Waals surface area contributed by atoms with E-state index in [4.69, 9.17) is 14.5 Å². The molecule has 1 aliphatic rings. The number of sulfonamides is 1. The van der Waals surface area contributed by atoms with Crippen molar-refractivity contribution in [2.45, 2.75) is 42.4 Å². The molecule has 3 aromatic rings. The lowest BCUT2D eigenvalue weighted by Crippen LogP contribution is -2.45. The van der Waals surface area contributed by atoms with Crippen LogP contribution in [0.5, 0.6) is 0 Å². The quantitative estimate of drug-likeness (QED) is 0.446. The van der Waals surface area contributed by atoms with E-state index in [1.807, 2.05) is 30.3 Å². The summed E-state index contributed by atoms with van der Waals surface area (Å²) in [6, 6.07) is 15.4. The highest BCUT2D eigenvalue weighted by atomic mass is 32.2. The molecule has 3 N–H and O–H groups in total. The fourth-order valence-corrected chi connectivity index (χ4v) is 4.81. The Hall–Kier alpha value is -3.01. The monoisotopic (exact) mass is 455 g/mol. The van der Waals surface area contributed by atoms with E-state index in [0.717, 1.165) is 24.8 Å². The van der Waals surface area contributed by atoms with Crippen LogP contribution in [0.3, 0.4) is 0 Å². The lowest BCUT2D eigenvalue weighted by molar-refractivity contribution is -0.168. The van der Waals surface area contributed by atoms with Crippen molar-refractivity contribution in [3.63, 3.8) is 0 Å². The highest BCUT2D eigenvalue weighted by Gasteiger charge is 2.47. The topological polar surface area (TPSA) is 127 Å². The highest BCUT2D eigenvalue weighted by Crippen LogP contribution is 2.44. The number of oxazole rings is 1. The second-order valence-corrected chi connectivity index (χ2v) is 9.67. The molecule has 168 valence electrons. The second-order valence-electron chi connectivity index (χ2n) is 8.10. The van der Waals surface area contributed by atoms with E-state index in [1.54, 1.807) is 12.1 Å². The number of hydrogen-bond donors (Lipinski definition) is 2. The minimum Gasteiger partial charge on any atom is -0.439 e. The van der Waals surface area contributed by atoms with Gasteiger partial charge in [-0.25, -0.2) is 23.6 Å². The molecule has 0 saturated heterocycles. The van der Waals surface area contributed by atoms with Crippen LogP contribution in [0.1, 0.15) is 38.0 Å². The molecule has 0 spiro atoms. The van der Waals surface area contributed by atoms with Gasteiger partial charge in [0.05, 0.1) is 4.90 Å². The first kappa shape index (κ1) is 22.2. The van der Waals surface area contributed by atoms with Crippen molar-refractivity contribution < 1.29 is 22.8 Å². The number of hydroxylamine groups is 2. The number of rotatable bonds is 5. The van der Waals surface area contributed by atoms with Gasteiger partial charge in [0, 0.05) is 18.2 Å². The van der Waals surface area contributed by atoms with Crippen molar-refractivity contribution >= 4 is 15.9 Å². The van der Waals surface area contributed by atoms with Crippen LogP contribution in [0.2, 0.25) is 0 Å². The zero-order chi connectivity index (χ0) is 22.9. The van der Waals surface area contributed by atoms with Gasteiger partial charge in [-0.2, -0.15) is 0 Å². The number of carbonyl (C=O) groups excluding carboxylic acids is 1. The largest absolute Gasteiger partial charge is 0.439 e. The number of nitrogens with zero attached hydrogens (tertiary/aromatic N) is 2. The Labute approximate surface area is 186 Å². The molecule has 1 heterocycles. The third kappa shape index (κ3) is 4.06. The summed E-state index contributed by atoms with van der Waals surface area (Å²) in [4.78, 5) is 17.8. The average Bonchev–Trinajstić information content (AvgIpc) is 3.25. The molecule has 1 aromatic heterocycles. The van der Waals surface area contributed by atoms with Gasteiger partial charge in [0.15, 0.2) is 5.76 Å². The van der Waals surface area contributed by atoms with E-state index in [1.165, 1.54) is 19.2 Å². The first-order valence-electron chi connectivity index (χ1n) is 10.4. The van der Waals surface area contributed by atoms with E-state index in [2.05, 4.69) is 0 Å². The zero-order valence-corrected chi connectivity index (χ0v) is 18.5. The van der Waals surface area contributed by atoms with Gasteiger partial charge in [-0.1, -0.05) is 49.6 Å². The molecule has 32 heavy (non-hydrogen) atoms. The normalized spacial score (nSPS) is 16.0. The Morgan fingerprint density at radius 1 is 1.03 bits per heavy atom. The van der Waals surface area contributed by atoms with Crippen LogP contribution in [-0.2, 0) is 20.2 Å². The summed E-state index contributed by atoms with van der Waals surface area (Å²) in [5.74, 6) is 0.229. The summed E-state index contributed by atoms with van der Waals surface area (Å²) in [6.07, 6.45) is 3.69. The number of benzene rings is 2. The minimum absolute atomic E-state index is 0.0110. The van der Waals surface area contributed by atoms with E-state index in [-0.39, 0.29) is 10.8 Å². The lowest BCUT2D eigenvalue weighted by Gasteiger charge is -2.34. The van der Waals surface area contributed by atoms with E-state index in [9.17, 15) is 18.4 Å². The Morgan fingerprint density at radius 3 is 2.22 bits per heavy atom. The number of likely N-dealkylation sites (N-methyl/N-ethyl adjacent to an activating group) is 1. The molecular weight excluding hydrogens is 430 g/mol. The Bertz CT molecular complexity index is 1210. The molecule has 9 heteroatoms. The van der Waals surface area contributed by atoms with Crippen molar-refractivity contribution in [3.05, 3.63) is 60.5 Å². The van der Waals surface area contributed by atoms with Crippen LogP contribution in [-0.4, -0.2) is 36.6 Å². The minimum atomic E-state index is -3.83. The Morgan fingerprint density at radius 2 is 1.66 bits per heavy atom. The Balaban J connectivity index is 1.89. The van der Waals surface area contributed by atoms with Crippen molar-refractivity contribution in [2.75, 3.05) is 7.05 Å². The zero-order valence-electron chi connectivity index (χ0n) is 17.7. The van der Waals surface area contributed by atoms with E-state index in [0.29, 0.717) is 34.9 Å². The van der Waals surface area contributed by atoms with Gasteiger partial charge in [0.1, 0.15) is 11.1 Å². The molecule has 0 aliphatic heterocycles. The van der Waals surface area contributed by atoms with E-state index < -0.39 is 21.3 Å². The maximum atomic E-state index is 13.1. The summed E-state index contributed by atoms with van der Waals surface area (Å²) in [7, 11) is -2.52. The average molecular weight is 456 g/mol. The Kier molecular flexibility index (Phi) is 5.89. The third-order valence-corrected chi connectivity index (χ3v) is 6.87. The predicted octanol–water partition coefficient (Wildman–Crippen LogP) is 3.71. The van der Waals surface area contributed by atoms with Crippen LogP contribution in [0.4, 0.5) is 0 Å². The van der Waals surface area contributed by atoms with Gasteiger partial charge < -0.3 is 4.42 Å². The van der Waals surface area contributed by atoms with Gasteiger partial charge in [0.2, 0.25) is 15.9 Å². The van der Waals surface area contributed by atoms with Crippen LogP contribution >= 0.6 is 0 Å². The molecule has 8 nitrogen and oxygen atoms in total. The molecule has 4 rings (SSSR count). The number of amides is 1. The SMILES string of the molecule is CN(O)C(=O)C1(c2nc(-c3ccccc3)c(-c3ccc(S(N)(=O)=O)cc3)o2)CCCCC1. The number of aromatic nitrogens is 1. The van der Waals surface area contributed by atoms with Crippen LogP contribution in [0.15, 0.2) is 63.9 Å². The fourth-order valence-electron chi connectivity index (χ4n) is 4.29. The van der Waals surface area contributed by atoms with Crippen molar-refractivity contribution in [3.8, 4) is 22.6 Å². The first-order chi connectivity index (χ1) is 15.2. The van der Waals surface area contributed by atoms with Crippen LogP contribution in [0.25, 0.3) is 22.6 Å². The summed E-state index contributed by atoms with van der Waals surface area (Å²) in [6.45, 7) is 0. The summed E-state index contributed by atoms with van der Waals surface area (Å²) in [5.41, 5.74) is 0.890. The van der Waals surface area contributed by atoms with Crippen LogP contribution < -0.4 is 5.14 Å². The molecule has 1 saturated carbocycles.